The molecule has 1 amide bonds. The lowest BCUT2D eigenvalue weighted by atomic mass is 10.0. The minimum absolute atomic E-state index is 0.0296. The van der Waals surface area contributed by atoms with Crippen molar-refractivity contribution in [3.05, 3.63) is 59.0 Å². The van der Waals surface area contributed by atoms with E-state index in [2.05, 4.69) is 38.9 Å². The van der Waals surface area contributed by atoms with Crippen LogP contribution in [0.1, 0.15) is 40.3 Å². The SMILES string of the molecule is Cc1cc(C)nc(C(S)c2nnc(SCC(=O)N3CCCc4ccccc43)o2)n1. The highest BCUT2D eigenvalue weighted by Gasteiger charge is 2.24. The number of anilines is 1. The van der Waals surface area contributed by atoms with E-state index in [1.165, 1.54) is 17.3 Å². The summed E-state index contributed by atoms with van der Waals surface area (Å²) in [5, 5.41) is 7.92. The van der Waals surface area contributed by atoms with Crippen LogP contribution in [0.5, 0.6) is 0 Å². The summed E-state index contributed by atoms with van der Waals surface area (Å²) in [6.07, 6.45) is 1.97. The van der Waals surface area contributed by atoms with Gasteiger partial charge in [0, 0.05) is 23.6 Å². The molecule has 0 N–H and O–H groups in total. The number of amides is 1. The first-order chi connectivity index (χ1) is 14.0. The van der Waals surface area contributed by atoms with E-state index in [-0.39, 0.29) is 11.7 Å². The van der Waals surface area contributed by atoms with E-state index in [4.69, 9.17) is 4.42 Å². The summed E-state index contributed by atoms with van der Waals surface area (Å²) in [5.41, 5.74) is 3.92. The average Bonchev–Trinajstić information content (AvgIpc) is 3.19. The summed E-state index contributed by atoms with van der Waals surface area (Å²) >= 11 is 5.76. The summed E-state index contributed by atoms with van der Waals surface area (Å²) in [4.78, 5) is 23.4. The molecule has 4 rings (SSSR count). The van der Waals surface area contributed by atoms with Gasteiger partial charge in [-0.1, -0.05) is 30.0 Å². The third-order valence-corrected chi connectivity index (χ3v) is 5.89. The van der Waals surface area contributed by atoms with Gasteiger partial charge in [0.25, 0.3) is 5.22 Å². The van der Waals surface area contributed by atoms with E-state index in [9.17, 15) is 4.79 Å². The molecule has 7 nitrogen and oxygen atoms in total. The molecule has 0 saturated heterocycles. The maximum absolute atomic E-state index is 12.8. The van der Waals surface area contributed by atoms with Crippen LogP contribution in [0.25, 0.3) is 0 Å². The first-order valence-electron chi connectivity index (χ1n) is 9.36. The second-order valence-electron chi connectivity index (χ2n) is 6.88. The van der Waals surface area contributed by atoms with Crippen LogP contribution < -0.4 is 4.90 Å². The minimum atomic E-state index is -0.514. The Morgan fingerprint density at radius 3 is 2.79 bits per heavy atom. The Morgan fingerprint density at radius 2 is 2.00 bits per heavy atom. The summed E-state index contributed by atoms with van der Waals surface area (Å²) < 4.78 is 5.70. The van der Waals surface area contributed by atoms with E-state index in [0.29, 0.717) is 16.9 Å². The van der Waals surface area contributed by atoms with Crippen molar-refractivity contribution >= 4 is 36.0 Å². The van der Waals surface area contributed by atoms with Gasteiger partial charge in [-0.15, -0.1) is 10.2 Å². The quantitative estimate of drug-likeness (QED) is 0.492. The Kier molecular flexibility index (Phi) is 5.86. The highest BCUT2D eigenvalue weighted by molar-refractivity contribution is 7.99. The van der Waals surface area contributed by atoms with Gasteiger partial charge < -0.3 is 9.32 Å². The van der Waals surface area contributed by atoms with Crippen molar-refractivity contribution in [3.8, 4) is 0 Å². The van der Waals surface area contributed by atoms with Gasteiger partial charge in [-0.2, -0.15) is 12.6 Å². The maximum Gasteiger partial charge on any atom is 0.277 e. The fourth-order valence-electron chi connectivity index (χ4n) is 3.37. The number of para-hydroxylation sites is 1. The van der Waals surface area contributed by atoms with Gasteiger partial charge in [0.2, 0.25) is 11.8 Å². The molecule has 0 fully saturated rings. The Labute approximate surface area is 178 Å². The number of rotatable bonds is 5. The lowest BCUT2D eigenvalue weighted by molar-refractivity contribution is -0.116. The van der Waals surface area contributed by atoms with Gasteiger partial charge in [0.1, 0.15) is 5.25 Å². The predicted octanol–water partition coefficient (Wildman–Crippen LogP) is 3.57. The molecule has 0 spiro atoms. The number of fused-ring (bicyclic) bond motifs is 1. The lowest BCUT2D eigenvalue weighted by Gasteiger charge is -2.29. The molecule has 29 heavy (non-hydrogen) atoms. The zero-order valence-electron chi connectivity index (χ0n) is 16.2. The number of thiol groups is 1. The minimum Gasteiger partial charge on any atom is -0.414 e. The standard InChI is InChI=1S/C20H21N5O2S2/c1-12-10-13(2)22-18(21-12)17(28)19-23-24-20(27-19)29-11-16(26)25-9-5-7-14-6-3-4-8-15(14)25/h3-4,6,8,10,17,28H,5,7,9,11H2,1-2H3. The van der Waals surface area contributed by atoms with Crippen molar-refractivity contribution in [3.63, 3.8) is 0 Å². The van der Waals surface area contributed by atoms with Gasteiger partial charge in [0.15, 0.2) is 5.82 Å². The number of carbonyl (C=O) groups excluding carboxylic acids is 1. The maximum atomic E-state index is 12.8. The largest absolute Gasteiger partial charge is 0.414 e. The van der Waals surface area contributed by atoms with Crippen molar-refractivity contribution in [2.75, 3.05) is 17.2 Å². The van der Waals surface area contributed by atoms with Gasteiger partial charge in [-0.25, -0.2) is 9.97 Å². The number of hydrogen-bond acceptors (Lipinski definition) is 8. The normalized spacial score (nSPS) is 14.5. The van der Waals surface area contributed by atoms with E-state index in [0.717, 1.165) is 36.5 Å². The molecule has 3 heterocycles. The van der Waals surface area contributed by atoms with Gasteiger partial charge in [0.05, 0.1) is 5.75 Å². The fraction of sp³-hybridized carbons (Fsp3) is 0.350. The van der Waals surface area contributed by atoms with Crippen molar-refractivity contribution in [2.24, 2.45) is 0 Å². The first-order valence-corrected chi connectivity index (χ1v) is 10.9. The van der Waals surface area contributed by atoms with Crippen LogP contribution in [0.2, 0.25) is 0 Å². The van der Waals surface area contributed by atoms with Crippen LogP contribution in [0, 0.1) is 13.8 Å². The molecule has 0 aliphatic carbocycles. The highest BCUT2D eigenvalue weighted by Crippen LogP contribution is 2.30. The fourth-order valence-corrected chi connectivity index (χ4v) is 4.23. The van der Waals surface area contributed by atoms with Crippen LogP contribution in [-0.2, 0) is 11.2 Å². The number of carbonyl (C=O) groups is 1. The van der Waals surface area contributed by atoms with Gasteiger partial charge in [-0.05, 0) is 44.4 Å². The Bertz CT molecular complexity index is 1020. The zero-order chi connectivity index (χ0) is 20.4. The Morgan fingerprint density at radius 1 is 1.24 bits per heavy atom. The molecule has 1 aromatic carbocycles. The molecule has 1 atom stereocenters. The van der Waals surface area contributed by atoms with Crippen LogP contribution in [-0.4, -0.2) is 38.4 Å². The topological polar surface area (TPSA) is 85.0 Å². The number of hydrogen-bond donors (Lipinski definition) is 1. The number of benzene rings is 1. The molecule has 1 aliphatic heterocycles. The Hall–Kier alpha value is -2.39. The molecule has 3 aromatic rings. The molecular weight excluding hydrogens is 406 g/mol. The Balaban J connectivity index is 1.42. The lowest BCUT2D eigenvalue weighted by Crippen LogP contribution is -2.36. The molecule has 0 bridgehead atoms. The molecule has 1 aliphatic rings. The van der Waals surface area contributed by atoms with Crippen LogP contribution in [0.3, 0.4) is 0 Å². The summed E-state index contributed by atoms with van der Waals surface area (Å²) in [7, 11) is 0. The van der Waals surface area contributed by atoms with Crippen LogP contribution in [0.15, 0.2) is 40.0 Å². The van der Waals surface area contributed by atoms with Crippen LogP contribution >= 0.6 is 24.4 Å². The van der Waals surface area contributed by atoms with E-state index < -0.39 is 5.25 Å². The summed E-state index contributed by atoms with van der Waals surface area (Å²) in [5.74, 6) is 1.10. The van der Waals surface area contributed by atoms with Crippen molar-refractivity contribution in [2.45, 2.75) is 37.2 Å². The predicted molar refractivity (Wildman–Crippen MR) is 114 cm³/mol. The number of thioether (sulfide) groups is 1. The van der Waals surface area contributed by atoms with E-state index >= 15 is 0 Å². The highest BCUT2D eigenvalue weighted by atomic mass is 32.2. The van der Waals surface area contributed by atoms with Gasteiger partial charge in [-0.3, -0.25) is 4.79 Å². The molecule has 9 heteroatoms. The molecule has 150 valence electrons. The molecule has 0 radical (unpaired) electrons. The average molecular weight is 428 g/mol. The molecule has 0 saturated carbocycles. The third kappa shape index (κ3) is 4.45. The second kappa shape index (κ2) is 8.54. The molecule has 1 unspecified atom stereocenters. The monoisotopic (exact) mass is 427 g/mol. The van der Waals surface area contributed by atoms with Crippen molar-refractivity contribution < 1.29 is 9.21 Å². The van der Waals surface area contributed by atoms with Crippen LogP contribution in [0.4, 0.5) is 5.69 Å². The number of aryl methyl sites for hydroxylation is 3. The van der Waals surface area contributed by atoms with Gasteiger partial charge >= 0.3 is 0 Å². The number of nitrogens with zero attached hydrogens (tertiary/aromatic N) is 5. The second-order valence-corrected chi connectivity index (χ2v) is 8.33. The summed E-state index contributed by atoms with van der Waals surface area (Å²) in [6.45, 7) is 4.53. The smallest absolute Gasteiger partial charge is 0.277 e. The third-order valence-electron chi connectivity index (χ3n) is 4.63. The summed E-state index contributed by atoms with van der Waals surface area (Å²) in [6, 6.07) is 9.94. The zero-order valence-corrected chi connectivity index (χ0v) is 17.9. The van der Waals surface area contributed by atoms with E-state index in [1.807, 2.05) is 43.0 Å². The molecular formula is C20H21N5O2S2. The van der Waals surface area contributed by atoms with Crippen molar-refractivity contribution in [1.29, 1.82) is 0 Å². The molecule has 2 aromatic heterocycles. The first kappa shape index (κ1) is 19.9. The van der Waals surface area contributed by atoms with Crippen molar-refractivity contribution in [1.82, 2.24) is 20.2 Å². The number of aromatic nitrogens is 4. The van der Waals surface area contributed by atoms with E-state index in [1.54, 1.807) is 0 Å².